The van der Waals surface area contributed by atoms with E-state index in [-0.39, 0.29) is 0 Å². The molecule has 2 rings (SSSR count). The molecule has 0 fully saturated rings. The second-order valence-electron chi connectivity index (χ2n) is 3.46. The molecule has 0 aliphatic carbocycles. The second kappa shape index (κ2) is 4.09. The van der Waals surface area contributed by atoms with Crippen molar-refractivity contribution in [2.75, 3.05) is 0 Å². The molecule has 0 radical (unpaired) electrons. The van der Waals surface area contributed by atoms with E-state index >= 15 is 0 Å². The minimum atomic E-state index is -0.873. The lowest BCUT2D eigenvalue weighted by Gasteiger charge is -2.02. The van der Waals surface area contributed by atoms with Crippen molar-refractivity contribution in [3.8, 4) is 10.6 Å². The normalized spacial score (nSPS) is 10.6. The molecule has 5 heteroatoms. The van der Waals surface area contributed by atoms with Crippen molar-refractivity contribution in [3.63, 3.8) is 0 Å². The number of thiophene rings is 1. The molecule has 0 aliphatic heterocycles. The third-order valence-corrected chi connectivity index (χ3v) is 3.62. The third kappa shape index (κ3) is 1.74. The van der Waals surface area contributed by atoms with E-state index in [2.05, 4.69) is 5.10 Å². The summed E-state index contributed by atoms with van der Waals surface area (Å²) in [7, 11) is 0. The number of rotatable bonds is 3. The molecular weight excluding hydrogens is 224 g/mol. The Morgan fingerprint density at radius 3 is 2.94 bits per heavy atom. The fourth-order valence-electron chi connectivity index (χ4n) is 1.62. The van der Waals surface area contributed by atoms with Crippen molar-refractivity contribution in [2.24, 2.45) is 0 Å². The molecule has 0 aromatic carbocycles. The van der Waals surface area contributed by atoms with Crippen LogP contribution in [0.5, 0.6) is 0 Å². The van der Waals surface area contributed by atoms with Gasteiger partial charge in [-0.2, -0.15) is 5.10 Å². The van der Waals surface area contributed by atoms with Gasteiger partial charge in [-0.15, -0.1) is 11.3 Å². The average molecular weight is 236 g/mol. The number of hydrogen-bond acceptors (Lipinski definition) is 3. The zero-order valence-corrected chi connectivity index (χ0v) is 9.91. The summed E-state index contributed by atoms with van der Waals surface area (Å²) in [6, 6.07) is 3.61. The van der Waals surface area contributed by atoms with Crippen molar-refractivity contribution in [1.82, 2.24) is 9.78 Å². The maximum Gasteiger partial charge on any atom is 0.345 e. The maximum atomic E-state index is 10.9. The highest BCUT2D eigenvalue weighted by molar-refractivity contribution is 7.17. The summed E-state index contributed by atoms with van der Waals surface area (Å²) < 4.78 is 1.87. The monoisotopic (exact) mass is 236 g/mol. The Bertz CT molecular complexity index is 528. The quantitative estimate of drug-likeness (QED) is 0.891. The van der Waals surface area contributed by atoms with E-state index in [9.17, 15) is 4.79 Å². The lowest BCUT2D eigenvalue weighted by molar-refractivity contribution is 0.0702. The summed E-state index contributed by atoms with van der Waals surface area (Å²) in [6.45, 7) is 4.71. The van der Waals surface area contributed by atoms with Gasteiger partial charge in [0, 0.05) is 12.7 Å². The van der Waals surface area contributed by atoms with Crippen LogP contribution in [0.1, 0.15) is 22.2 Å². The van der Waals surface area contributed by atoms with E-state index in [0.29, 0.717) is 4.88 Å². The molecule has 2 aromatic rings. The highest BCUT2D eigenvalue weighted by Gasteiger charge is 2.14. The number of hydrogen-bond donors (Lipinski definition) is 1. The van der Waals surface area contributed by atoms with Gasteiger partial charge in [0.05, 0.1) is 10.6 Å². The van der Waals surface area contributed by atoms with Gasteiger partial charge >= 0.3 is 5.97 Å². The predicted octanol–water partition coefficient (Wildman–Crippen LogP) is 2.64. The van der Waals surface area contributed by atoms with Gasteiger partial charge in [-0.25, -0.2) is 4.79 Å². The number of carboxylic acids is 1. The Morgan fingerprint density at radius 2 is 2.38 bits per heavy atom. The number of carbonyl (C=O) groups is 1. The number of nitrogens with zero attached hydrogens (tertiary/aromatic N) is 2. The van der Waals surface area contributed by atoms with Gasteiger partial charge in [0.2, 0.25) is 0 Å². The van der Waals surface area contributed by atoms with E-state index in [1.807, 2.05) is 24.6 Å². The van der Waals surface area contributed by atoms with Crippen LogP contribution in [0.15, 0.2) is 18.3 Å². The molecule has 0 atom stereocenters. The summed E-state index contributed by atoms with van der Waals surface area (Å²) in [5.74, 6) is -0.873. The summed E-state index contributed by atoms with van der Waals surface area (Å²) in [6.07, 6.45) is 1.73. The van der Waals surface area contributed by atoms with Gasteiger partial charge in [-0.1, -0.05) is 0 Å². The molecular formula is C11H12N2O2S. The first-order valence-electron chi connectivity index (χ1n) is 4.99. The van der Waals surface area contributed by atoms with Crippen LogP contribution in [0.2, 0.25) is 0 Å². The standard InChI is InChI=1S/C11H12N2O2S/c1-3-13-8(4-5-12-13)10-7(2)6-9(16-10)11(14)15/h4-6H,3H2,1-2H3,(H,14,15). The minimum Gasteiger partial charge on any atom is -0.477 e. The van der Waals surface area contributed by atoms with E-state index in [1.54, 1.807) is 12.3 Å². The molecule has 84 valence electrons. The molecule has 2 heterocycles. The fraction of sp³-hybridized carbons (Fsp3) is 0.273. The molecule has 4 nitrogen and oxygen atoms in total. The van der Waals surface area contributed by atoms with Crippen LogP contribution in [-0.4, -0.2) is 20.9 Å². The highest BCUT2D eigenvalue weighted by Crippen LogP contribution is 2.32. The van der Waals surface area contributed by atoms with E-state index in [0.717, 1.165) is 22.7 Å². The van der Waals surface area contributed by atoms with Gasteiger partial charge in [-0.05, 0) is 31.5 Å². The fourth-order valence-corrected chi connectivity index (χ4v) is 2.66. The SMILES string of the molecule is CCn1nccc1-c1sc(C(=O)O)cc1C. The van der Waals surface area contributed by atoms with Crippen molar-refractivity contribution < 1.29 is 9.90 Å². The van der Waals surface area contributed by atoms with E-state index in [1.165, 1.54) is 11.3 Å². The van der Waals surface area contributed by atoms with Crippen LogP contribution in [0.3, 0.4) is 0 Å². The van der Waals surface area contributed by atoms with Gasteiger partial charge in [0.15, 0.2) is 0 Å². The molecule has 0 saturated heterocycles. The molecule has 0 saturated carbocycles. The Morgan fingerprint density at radius 1 is 1.62 bits per heavy atom. The Kier molecular flexibility index (Phi) is 2.78. The van der Waals surface area contributed by atoms with E-state index in [4.69, 9.17) is 5.11 Å². The summed E-state index contributed by atoms with van der Waals surface area (Å²) in [4.78, 5) is 12.2. The first kappa shape index (κ1) is 10.9. The third-order valence-electron chi connectivity index (χ3n) is 2.38. The lowest BCUT2D eigenvalue weighted by atomic mass is 10.2. The Hall–Kier alpha value is -1.62. The molecule has 1 N–H and O–H groups in total. The molecule has 0 amide bonds. The van der Waals surface area contributed by atoms with Gasteiger partial charge in [0.1, 0.15) is 4.88 Å². The Labute approximate surface area is 97.2 Å². The van der Waals surface area contributed by atoms with Crippen molar-refractivity contribution in [3.05, 3.63) is 28.8 Å². The summed E-state index contributed by atoms with van der Waals surface area (Å²) in [5.41, 5.74) is 1.97. The van der Waals surface area contributed by atoms with Crippen LogP contribution < -0.4 is 0 Å². The van der Waals surface area contributed by atoms with E-state index < -0.39 is 5.97 Å². The van der Waals surface area contributed by atoms with Gasteiger partial charge in [0.25, 0.3) is 0 Å². The van der Waals surface area contributed by atoms with Crippen LogP contribution in [0.25, 0.3) is 10.6 Å². The largest absolute Gasteiger partial charge is 0.477 e. The van der Waals surface area contributed by atoms with Crippen LogP contribution in [0, 0.1) is 6.92 Å². The topological polar surface area (TPSA) is 55.1 Å². The van der Waals surface area contributed by atoms with Crippen molar-refractivity contribution >= 4 is 17.3 Å². The smallest absolute Gasteiger partial charge is 0.345 e. The summed E-state index contributed by atoms with van der Waals surface area (Å²) in [5, 5.41) is 13.1. The summed E-state index contributed by atoms with van der Waals surface area (Å²) >= 11 is 1.29. The Balaban J connectivity index is 2.52. The maximum absolute atomic E-state index is 10.9. The molecule has 0 aliphatic rings. The molecule has 0 spiro atoms. The van der Waals surface area contributed by atoms with Crippen LogP contribution >= 0.6 is 11.3 Å². The zero-order chi connectivity index (χ0) is 11.7. The second-order valence-corrected chi connectivity index (χ2v) is 4.51. The molecule has 0 bridgehead atoms. The number of carboxylic acid groups (broad SMARTS) is 1. The average Bonchev–Trinajstić information content (AvgIpc) is 2.82. The number of aromatic carboxylic acids is 1. The van der Waals surface area contributed by atoms with Crippen LogP contribution in [-0.2, 0) is 6.54 Å². The van der Waals surface area contributed by atoms with Crippen LogP contribution in [0.4, 0.5) is 0 Å². The lowest BCUT2D eigenvalue weighted by Crippen LogP contribution is -1.98. The molecule has 0 unspecified atom stereocenters. The highest BCUT2D eigenvalue weighted by atomic mass is 32.1. The number of aromatic nitrogens is 2. The van der Waals surface area contributed by atoms with Crippen molar-refractivity contribution in [1.29, 1.82) is 0 Å². The number of aryl methyl sites for hydroxylation is 2. The first-order valence-corrected chi connectivity index (χ1v) is 5.81. The first-order chi connectivity index (χ1) is 7.63. The zero-order valence-electron chi connectivity index (χ0n) is 9.10. The van der Waals surface area contributed by atoms with Gasteiger partial charge < -0.3 is 5.11 Å². The van der Waals surface area contributed by atoms with Gasteiger partial charge in [-0.3, -0.25) is 4.68 Å². The van der Waals surface area contributed by atoms with Crippen molar-refractivity contribution in [2.45, 2.75) is 20.4 Å². The minimum absolute atomic E-state index is 0.372. The molecule has 2 aromatic heterocycles. The predicted molar refractivity (Wildman–Crippen MR) is 62.9 cm³/mol. The molecule has 16 heavy (non-hydrogen) atoms.